The minimum atomic E-state index is -0.893. The van der Waals surface area contributed by atoms with Crippen LogP contribution in [0, 0.1) is 17.8 Å². The lowest BCUT2D eigenvalue weighted by Gasteiger charge is -2.29. The summed E-state index contributed by atoms with van der Waals surface area (Å²) in [6.07, 6.45) is 3.54. The summed E-state index contributed by atoms with van der Waals surface area (Å²) >= 11 is 3.30. The van der Waals surface area contributed by atoms with Crippen molar-refractivity contribution in [3.8, 4) is 23.0 Å². The molecule has 4 atom stereocenters. The van der Waals surface area contributed by atoms with Gasteiger partial charge in [0.2, 0.25) is 5.91 Å². The molecule has 2 saturated heterocycles. The number of nitrogens with zero attached hydrogens (tertiary/aromatic N) is 4. The molecule has 4 amide bonds. The third kappa shape index (κ3) is 8.00. The number of H-pyrrole nitrogens is 2. The van der Waals surface area contributed by atoms with Gasteiger partial charge in [-0.25, -0.2) is 19.6 Å². The normalized spacial score (nSPS) is 17.5. The Labute approximate surface area is 348 Å². The Balaban J connectivity index is 0.981. The zero-order valence-corrected chi connectivity index (χ0v) is 34.7. The first-order valence-electron chi connectivity index (χ1n) is 19.5. The lowest BCUT2D eigenvalue weighted by atomic mass is 10.0. The smallest absolute Gasteiger partial charge is 0.407 e. The summed E-state index contributed by atoms with van der Waals surface area (Å²) in [5.74, 6) is 7.48. The van der Waals surface area contributed by atoms with Crippen molar-refractivity contribution in [1.29, 1.82) is 0 Å². The van der Waals surface area contributed by atoms with E-state index in [0.29, 0.717) is 30.2 Å². The summed E-state index contributed by atoms with van der Waals surface area (Å²) in [5.41, 5.74) is 6.09. The molecule has 59 heavy (non-hydrogen) atoms. The maximum atomic E-state index is 13.9. The minimum Gasteiger partial charge on any atom is -0.453 e. The lowest BCUT2D eigenvalue weighted by molar-refractivity contribution is -0.135. The lowest BCUT2D eigenvalue weighted by Crippen LogP contribution is -2.51. The maximum absolute atomic E-state index is 13.9. The van der Waals surface area contributed by atoms with Crippen LogP contribution in [-0.2, 0) is 19.1 Å². The molecule has 0 bridgehead atoms. The number of amides is 4. The number of aromatic nitrogens is 4. The van der Waals surface area contributed by atoms with Gasteiger partial charge in [-0.1, -0.05) is 56.2 Å². The molecular formula is C43H44N8O6S2. The molecule has 14 nitrogen and oxygen atoms in total. The van der Waals surface area contributed by atoms with E-state index in [9.17, 15) is 19.2 Å². The largest absolute Gasteiger partial charge is 0.453 e. The van der Waals surface area contributed by atoms with Crippen LogP contribution in [0.1, 0.15) is 86.1 Å². The molecule has 0 unspecified atom stereocenters. The molecule has 6 aromatic rings. The fourth-order valence-electron chi connectivity index (χ4n) is 7.95. The maximum Gasteiger partial charge on any atom is 0.407 e. The van der Waals surface area contributed by atoms with Gasteiger partial charge in [-0.3, -0.25) is 9.59 Å². The Morgan fingerprint density at radius 1 is 0.831 bits per heavy atom. The van der Waals surface area contributed by atoms with Crippen molar-refractivity contribution in [2.24, 2.45) is 5.92 Å². The number of likely N-dealkylation sites (tertiary alicyclic amines) is 2. The number of methoxy groups -OCH3 is 2. The molecule has 0 saturated carbocycles. The minimum absolute atomic E-state index is 0.114. The summed E-state index contributed by atoms with van der Waals surface area (Å²) in [7, 11) is 2.57. The van der Waals surface area contributed by atoms with E-state index in [1.807, 2.05) is 55.1 Å². The first-order valence-corrected chi connectivity index (χ1v) is 21.3. The van der Waals surface area contributed by atoms with Crippen molar-refractivity contribution >= 4 is 67.1 Å². The van der Waals surface area contributed by atoms with Crippen molar-refractivity contribution < 1.29 is 28.7 Å². The first kappa shape index (κ1) is 39.6. The van der Waals surface area contributed by atoms with Crippen molar-refractivity contribution in [3.05, 3.63) is 94.0 Å². The molecular weight excluding hydrogens is 789 g/mol. The van der Waals surface area contributed by atoms with E-state index in [1.165, 1.54) is 14.2 Å². The number of alkyl carbamates (subject to hydrolysis) is 2. The first-order chi connectivity index (χ1) is 28.6. The van der Waals surface area contributed by atoms with Crippen LogP contribution < -0.4 is 10.6 Å². The molecule has 6 heterocycles. The SMILES string of the molecule is COC(=O)N[C@H](C(=O)N1CCC[C@H]1c1nc2ccc(-c3csc4c(C#Cc5cnc([C@@H]6CCCN6C(=O)[C@H](NC(=O)OC)c6ccccc6)[nH]5)csc34)cc2[nH]1)C(C)C. The third-order valence-electron chi connectivity index (χ3n) is 10.9. The van der Waals surface area contributed by atoms with Gasteiger partial charge >= 0.3 is 12.2 Å². The number of carbonyl (C=O) groups is 4. The second kappa shape index (κ2) is 17.0. The number of thiophene rings is 2. The van der Waals surface area contributed by atoms with E-state index in [0.717, 1.165) is 68.6 Å². The highest BCUT2D eigenvalue weighted by Gasteiger charge is 2.39. The van der Waals surface area contributed by atoms with Gasteiger partial charge in [0.05, 0.1) is 58.5 Å². The Morgan fingerprint density at radius 2 is 1.53 bits per heavy atom. The zero-order chi connectivity index (χ0) is 41.2. The highest BCUT2D eigenvalue weighted by Crippen LogP contribution is 2.41. The average Bonchev–Trinajstić information content (AvgIpc) is 4.11. The van der Waals surface area contributed by atoms with Crippen LogP contribution in [0.3, 0.4) is 0 Å². The van der Waals surface area contributed by atoms with Crippen molar-refractivity contribution in [3.63, 3.8) is 0 Å². The van der Waals surface area contributed by atoms with Crippen LogP contribution in [0.4, 0.5) is 9.59 Å². The molecule has 0 spiro atoms. The summed E-state index contributed by atoms with van der Waals surface area (Å²) in [6, 6.07) is 13.2. The van der Waals surface area contributed by atoms with Crippen LogP contribution in [0.25, 0.3) is 31.6 Å². The number of ether oxygens (including phenoxy) is 2. The van der Waals surface area contributed by atoms with Gasteiger partial charge < -0.3 is 39.9 Å². The van der Waals surface area contributed by atoms with E-state index >= 15 is 0 Å². The van der Waals surface area contributed by atoms with Crippen LogP contribution >= 0.6 is 22.7 Å². The molecule has 8 rings (SSSR count). The second-order valence-electron chi connectivity index (χ2n) is 15.0. The predicted molar refractivity (Wildman–Crippen MR) is 226 cm³/mol. The number of rotatable bonds is 9. The highest BCUT2D eigenvalue weighted by atomic mass is 32.1. The number of benzene rings is 2. The Morgan fingerprint density at radius 3 is 2.25 bits per heavy atom. The van der Waals surface area contributed by atoms with Crippen molar-refractivity contribution in [2.75, 3.05) is 27.3 Å². The molecule has 0 aliphatic carbocycles. The number of hydrogen-bond acceptors (Lipinski definition) is 10. The summed E-state index contributed by atoms with van der Waals surface area (Å²) < 4.78 is 11.8. The number of hydrogen-bond donors (Lipinski definition) is 4. The molecule has 4 aromatic heterocycles. The second-order valence-corrected chi connectivity index (χ2v) is 16.7. The molecule has 2 aliphatic rings. The zero-order valence-electron chi connectivity index (χ0n) is 33.0. The molecule has 0 radical (unpaired) electrons. The van der Waals surface area contributed by atoms with Gasteiger partial charge in [0.1, 0.15) is 29.4 Å². The van der Waals surface area contributed by atoms with E-state index in [4.69, 9.17) is 14.5 Å². The summed E-state index contributed by atoms with van der Waals surface area (Å²) in [6.45, 7) is 4.93. The van der Waals surface area contributed by atoms with Crippen molar-refractivity contribution in [2.45, 2.75) is 63.7 Å². The van der Waals surface area contributed by atoms with Crippen LogP contribution in [0.5, 0.6) is 0 Å². The highest BCUT2D eigenvalue weighted by molar-refractivity contribution is 7.27. The van der Waals surface area contributed by atoms with Gasteiger partial charge in [0.15, 0.2) is 0 Å². The molecule has 304 valence electrons. The van der Waals surface area contributed by atoms with Crippen LogP contribution in [0.15, 0.2) is 65.5 Å². The number of nitrogens with one attached hydrogen (secondary N) is 4. The average molecular weight is 833 g/mol. The predicted octanol–water partition coefficient (Wildman–Crippen LogP) is 7.43. The van der Waals surface area contributed by atoms with Gasteiger partial charge in [-0.2, -0.15) is 0 Å². The van der Waals surface area contributed by atoms with Gasteiger partial charge in [0.25, 0.3) is 5.91 Å². The standard InChI is InChI=1S/C43H44N8O6S2/c1-24(2)34(48-42(54)56-3)40(52)51-19-9-13-33(51)39-46-30-17-15-26(20-31(30)47-39)29-23-59-36-27(22-58-37(29)36)14-16-28-21-44-38(45-28)32-12-8-18-50(32)41(53)35(49-43(55)57-4)25-10-6-5-7-11-25/h5-7,10-11,15,17,20-24,32-35H,8-9,12-13,18-19H2,1-4H3,(H,44,45)(H,46,47)(H,48,54)(H,49,55)/t32-,33-,34-,35+/m0/s1. The summed E-state index contributed by atoms with van der Waals surface area (Å²) in [5, 5.41) is 9.64. The fourth-order valence-corrected chi connectivity index (χ4v) is 10.3. The van der Waals surface area contributed by atoms with Crippen LogP contribution in [0.2, 0.25) is 0 Å². The number of imidazole rings is 2. The quantitative estimate of drug-likeness (QED) is 0.109. The van der Waals surface area contributed by atoms with E-state index in [1.54, 1.807) is 33.8 Å². The van der Waals surface area contributed by atoms with E-state index < -0.39 is 24.3 Å². The number of fused-ring (bicyclic) bond motifs is 2. The monoisotopic (exact) mass is 832 g/mol. The molecule has 16 heteroatoms. The van der Waals surface area contributed by atoms with E-state index in [-0.39, 0.29) is 29.8 Å². The van der Waals surface area contributed by atoms with Gasteiger partial charge in [-0.05, 0) is 60.8 Å². The van der Waals surface area contributed by atoms with Gasteiger partial charge in [-0.15, -0.1) is 22.7 Å². The van der Waals surface area contributed by atoms with Gasteiger partial charge in [0, 0.05) is 29.4 Å². The van der Waals surface area contributed by atoms with E-state index in [2.05, 4.69) is 60.3 Å². The Kier molecular flexibility index (Phi) is 11.4. The molecule has 2 fully saturated rings. The van der Waals surface area contributed by atoms with Crippen LogP contribution in [-0.4, -0.2) is 87.1 Å². The molecule has 2 aliphatic heterocycles. The topological polar surface area (TPSA) is 175 Å². The fraction of sp³-hybridized carbons (Fsp3) is 0.349. The number of carbonyl (C=O) groups excluding carboxylic acids is 4. The third-order valence-corrected chi connectivity index (χ3v) is 13.1. The molecule has 4 N–H and O–H groups in total. The van der Waals surface area contributed by atoms with Crippen molar-refractivity contribution in [1.82, 2.24) is 40.4 Å². The Bertz CT molecular complexity index is 2580. The number of aromatic amines is 2. The Hall–Kier alpha value is -6.18. The molecule has 2 aromatic carbocycles. The summed E-state index contributed by atoms with van der Waals surface area (Å²) in [4.78, 5) is 71.7.